The van der Waals surface area contributed by atoms with Gasteiger partial charge in [0.1, 0.15) is 5.69 Å². The van der Waals surface area contributed by atoms with Crippen LogP contribution in [0.5, 0.6) is 0 Å². The zero-order valence-electron chi connectivity index (χ0n) is 7.97. The summed E-state index contributed by atoms with van der Waals surface area (Å²) in [6.07, 6.45) is 1.82. The first-order chi connectivity index (χ1) is 7.29. The molecule has 15 heavy (non-hydrogen) atoms. The lowest BCUT2D eigenvalue weighted by Gasteiger charge is -1.96. The van der Waals surface area contributed by atoms with Crippen LogP contribution in [-0.4, -0.2) is 26.7 Å². The van der Waals surface area contributed by atoms with Crippen molar-refractivity contribution in [2.75, 3.05) is 6.61 Å². The summed E-state index contributed by atoms with van der Waals surface area (Å²) < 4.78 is 2.63. The number of aliphatic hydroxyl groups is 1. The molecule has 0 radical (unpaired) electrons. The summed E-state index contributed by atoms with van der Waals surface area (Å²) in [5.74, 6) is 0. The molecule has 2 aromatic rings. The Kier molecular flexibility index (Phi) is 3.13. The molecule has 0 aliphatic carbocycles. The molecule has 0 bridgehead atoms. The van der Waals surface area contributed by atoms with Crippen LogP contribution in [-0.2, 0) is 6.54 Å². The molecule has 0 aliphatic heterocycles. The standard InChI is InChI=1S/C10H10BrN3O/c11-9-3-1-2-8(6-9)10-7-14(4-5-15)13-12-10/h1-3,6-7,15H,4-5H2. The molecule has 0 saturated heterocycles. The van der Waals surface area contributed by atoms with Crippen molar-refractivity contribution in [3.05, 3.63) is 34.9 Å². The Balaban J connectivity index is 2.29. The van der Waals surface area contributed by atoms with Gasteiger partial charge in [0.15, 0.2) is 0 Å². The Morgan fingerprint density at radius 2 is 2.27 bits per heavy atom. The van der Waals surface area contributed by atoms with E-state index in [1.54, 1.807) is 4.68 Å². The van der Waals surface area contributed by atoms with Crippen molar-refractivity contribution in [2.45, 2.75) is 6.54 Å². The van der Waals surface area contributed by atoms with Crippen LogP contribution in [0, 0.1) is 0 Å². The summed E-state index contributed by atoms with van der Waals surface area (Å²) in [6.45, 7) is 0.544. The van der Waals surface area contributed by atoms with Crippen molar-refractivity contribution >= 4 is 15.9 Å². The number of rotatable bonds is 3. The van der Waals surface area contributed by atoms with Crippen molar-refractivity contribution in [2.24, 2.45) is 0 Å². The molecule has 2 rings (SSSR count). The van der Waals surface area contributed by atoms with Crippen LogP contribution in [0.4, 0.5) is 0 Å². The zero-order valence-corrected chi connectivity index (χ0v) is 9.55. The average Bonchev–Trinajstić information content (AvgIpc) is 2.67. The van der Waals surface area contributed by atoms with E-state index in [-0.39, 0.29) is 6.61 Å². The van der Waals surface area contributed by atoms with Gasteiger partial charge in [-0.25, -0.2) is 4.68 Å². The van der Waals surface area contributed by atoms with Gasteiger partial charge in [-0.2, -0.15) is 0 Å². The lowest BCUT2D eigenvalue weighted by molar-refractivity contribution is 0.268. The van der Waals surface area contributed by atoms with Crippen molar-refractivity contribution in [3.8, 4) is 11.3 Å². The second kappa shape index (κ2) is 4.55. The second-order valence-corrected chi connectivity index (χ2v) is 4.02. The lowest BCUT2D eigenvalue weighted by atomic mass is 10.2. The van der Waals surface area contributed by atoms with Gasteiger partial charge in [0.25, 0.3) is 0 Å². The molecule has 0 amide bonds. The summed E-state index contributed by atoms with van der Waals surface area (Å²) in [4.78, 5) is 0. The van der Waals surface area contributed by atoms with Crippen molar-refractivity contribution < 1.29 is 5.11 Å². The van der Waals surface area contributed by atoms with Gasteiger partial charge in [-0.3, -0.25) is 0 Å². The maximum absolute atomic E-state index is 8.75. The van der Waals surface area contributed by atoms with Gasteiger partial charge in [-0.15, -0.1) is 5.10 Å². The van der Waals surface area contributed by atoms with Crippen LogP contribution in [0.25, 0.3) is 11.3 Å². The molecule has 1 N–H and O–H groups in total. The van der Waals surface area contributed by atoms with E-state index in [4.69, 9.17) is 5.11 Å². The molecular weight excluding hydrogens is 258 g/mol. The number of benzene rings is 1. The quantitative estimate of drug-likeness (QED) is 0.921. The lowest BCUT2D eigenvalue weighted by Crippen LogP contribution is -2.01. The molecule has 0 fully saturated rings. The zero-order chi connectivity index (χ0) is 10.7. The smallest absolute Gasteiger partial charge is 0.113 e. The molecule has 0 atom stereocenters. The molecule has 0 spiro atoms. The minimum Gasteiger partial charge on any atom is -0.394 e. The first-order valence-corrected chi connectivity index (χ1v) is 5.36. The molecule has 4 nitrogen and oxygen atoms in total. The predicted octanol–water partition coefficient (Wildman–Crippen LogP) is 1.70. The van der Waals surface area contributed by atoms with E-state index in [2.05, 4.69) is 26.2 Å². The van der Waals surface area contributed by atoms with Crippen LogP contribution in [0.2, 0.25) is 0 Å². The Morgan fingerprint density at radius 3 is 3.00 bits per heavy atom. The third-order valence-electron chi connectivity index (χ3n) is 1.99. The van der Waals surface area contributed by atoms with Crippen LogP contribution in [0.1, 0.15) is 0 Å². The molecule has 1 aromatic heterocycles. The van der Waals surface area contributed by atoms with Gasteiger partial charge < -0.3 is 5.11 Å². The predicted molar refractivity (Wildman–Crippen MR) is 60.2 cm³/mol. The number of halogens is 1. The maximum atomic E-state index is 8.75. The molecule has 0 saturated carbocycles. The fourth-order valence-corrected chi connectivity index (χ4v) is 1.69. The van der Waals surface area contributed by atoms with Gasteiger partial charge in [-0.05, 0) is 12.1 Å². The Morgan fingerprint density at radius 1 is 1.40 bits per heavy atom. The van der Waals surface area contributed by atoms with Crippen LogP contribution < -0.4 is 0 Å². The van der Waals surface area contributed by atoms with Gasteiger partial charge >= 0.3 is 0 Å². The monoisotopic (exact) mass is 267 g/mol. The number of hydrogen-bond donors (Lipinski definition) is 1. The summed E-state index contributed by atoms with van der Waals surface area (Å²) in [6, 6.07) is 7.86. The Hall–Kier alpha value is -1.20. The molecular formula is C10H10BrN3O. The van der Waals surface area contributed by atoms with Crippen molar-refractivity contribution in [1.29, 1.82) is 0 Å². The summed E-state index contributed by atoms with van der Waals surface area (Å²) >= 11 is 3.40. The SMILES string of the molecule is OCCn1cc(-c2cccc(Br)c2)nn1. The van der Waals surface area contributed by atoms with E-state index in [0.717, 1.165) is 15.7 Å². The van der Waals surface area contributed by atoms with Crippen LogP contribution >= 0.6 is 15.9 Å². The first-order valence-electron chi connectivity index (χ1n) is 4.56. The Labute approximate surface area is 95.7 Å². The molecule has 1 heterocycles. The van der Waals surface area contributed by atoms with Crippen molar-refractivity contribution in [3.63, 3.8) is 0 Å². The minimum atomic E-state index is 0.0707. The number of hydrogen-bond acceptors (Lipinski definition) is 3. The largest absolute Gasteiger partial charge is 0.394 e. The summed E-state index contributed by atoms with van der Waals surface area (Å²) in [5, 5.41) is 16.7. The first kappa shape index (κ1) is 10.3. The van der Waals surface area contributed by atoms with Gasteiger partial charge in [0.2, 0.25) is 0 Å². The van der Waals surface area contributed by atoms with Gasteiger partial charge in [0, 0.05) is 10.0 Å². The number of aromatic nitrogens is 3. The van der Waals surface area contributed by atoms with Gasteiger partial charge in [-0.1, -0.05) is 33.3 Å². The molecule has 1 aromatic carbocycles. The topological polar surface area (TPSA) is 50.9 Å². The maximum Gasteiger partial charge on any atom is 0.113 e. The second-order valence-electron chi connectivity index (χ2n) is 3.10. The molecule has 0 aliphatic rings. The highest BCUT2D eigenvalue weighted by atomic mass is 79.9. The van der Waals surface area contributed by atoms with E-state index >= 15 is 0 Å². The highest BCUT2D eigenvalue weighted by Crippen LogP contribution is 2.20. The third kappa shape index (κ3) is 2.43. The fourth-order valence-electron chi connectivity index (χ4n) is 1.29. The summed E-state index contributed by atoms with van der Waals surface area (Å²) in [7, 11) is 0. The van der Waals surface area contributed by atoms with E-state index in [1.807, 2.05) is 30.5 Å². The van der Waals surface area contributed by atoms with E-state index in [0.29, 0.717) is 6.54 Å². The molecule has 78 valence electrons. The minimum absolute atomic E-state index is 0.0707. The van der Waals surface area contributed by atoms with Crippen LogP contribution in [0.3, 0.4) is 0 Å². The highest BCUT2D eigenvalue weighted by Gasteiger charge is 2.03. The fraction of sp³-hybridized carbons (Fsp3) is 0.200. The number of aliphatic hydroxyl groups excluding tert-OH is 1. The molecule has 5 heteroatoms. The number of nitrogens with zero attached hydrogens (tertiary/aromatic N) is 3. The average molecular weight is 268 g/mol. The Bertz CT molecular complexity index is 455. The van der Waals surface area contributed by atoms with E-state index < -0.39 is 0 Å². The van der Waals surface area contributed by atoms with E-state index in [1.165, 1.54) is 0 Å². The van der Waals surface area contributed by atoms with Gasteiger partial charge in [0.05, 0.1) is 19.3 Å². The van der Waals surface area contributed by atoms with Crippen LogP contribution in [0.15, 0.2) is 34.9 Å². The van der Waals surface area contributed by atoms with Crippen molar-refractivity contribution in [1.82, 2.24) is 15.0 Å². The summed E-state index contributed by atoms with van der Waals surface area (Å²) in [5.41, 5.74) is 1.82. The molecule has 0 unspecified atom stereocenters. The normalized spacial score (nSPS) is 10.5. The van der Waals surface area contributed by atoms with E-state index in [9.17, 15) is 0 Å². The third-order valence-corrected chi connectivity index (χ3v) is 2.48. The highest BCUT2D eigenvalue weighted by molar-refractivity contribution is 9.10.